The molecule has 0 N–H and O–H groups in total. The first-order chi connectivity index (χ1) is 12.6. The summed E-state index contributed by atoms with van der Waals surface area (Å²) in [5, 5.41) is 0.171. The molecule has 2 fully saturated rings. The lowest BCUT2D eigenvalue weighted by molar-refractivity contribution is -0.158. The van der Waals surface area contributed by atoms with Gasteiger partial charge in [-0.25, -0.2) is 9.59 Å². The molecule has 0 amide bonds. The van der Waals surface area contributed by atoms with E-state index in [1.54, 1.807) is 20.8 Å². The minimum Gasteiger partial charge on any atom is -0.459 e. The molecule has 0 aromatic carbocycles. The Morgan fingerprint density at radius 1 is 1.33 bits per heavy atom. The van der Waals surface area contributed by atoms with Gasteiger partial charge < -0.3 is 14.2 Å². The normalized spacial score (nSPS) is 40.6. The minimum atomic E-state index is -0.974. The second-order valence-corrected chi connectivity index (χ2v) is 8.31. The Balaban J connectivity index is 1.74. The predicted octanol–water partition coefficient (Wildman–Crippen LogP) is 2.61. The highest BCUT2D eigenvalue weighted by Crippen LogP contribution is 2.51. The largest absolute Gasteiger partial charge is 0.459 e. The van der Waals surface area contributed by atoms with Crippen molar-refractivity contribution in [3.8, 4) is 0 Å². The van der Waals surface area contributed by atoms with Crippen LogP contribution in [0, 0.1) is 11.8 Å². The lowest BCUT2D eigenvalue weighted by Gasteiger charge is -2.28. The molecule has 6 atom stereocenters. The van der Waals surface area contributed by atoms with Gasteiger partial charge in [0.15, 0.2) is 5.60 Å². The van der Waals surface area contributed by atoms with E-state index in [0.29, 0.717) is 17.6 Å². The number of hydrogen-bond donors (Lipinski definition) is 0. The molecule has 2 aliphatic heterocycles. The summed E-state index contributed by atoms with van der Waals surface area (Å²) in [6, 6.07) is 0. The molecule has 0 bridgehead atoms. The Morgan fingerprint density at radius 3 is 2.56 bits per heavy atom. The van der Waals surface area contributed by atoms with Crippen molar-refractivity contribution in [2.24, 2.45) is 11.8 Å². The molecule has 27 heavy (non-hydrogen) atoms. The van der Waals surface area contributed by atoms with Gasteiger partial charge in [0.2, 0.25) is 5.78 Å². The van der Waals surface area contributed by atoms with Gasteiger partial charge in [0.25, 0.3) is 0 Å². The molecule has 2 unspecified atom stereocenters. The van der Waals surface area contributed by atoms with Crippen LogP contribution in [0.5, 0.6) is 0 Å². The molecular weight excluding hydrogens is 372 g/mol. The molecule has 0 radical (unpaired) electrons. The van der Waals surface area contributed by atoms with E-state index in [2.05, 4.69) is 6.58 Å². The van der Waals surface area contributed by atoms with Crippen LogP contribution in [0.15, 0.2) is 33.9 Å². The van der Waals surface area contributed by atoms with Crippen molar-refractivity contribution in [1.29, 1.82) is 0 Å². The van der Waals surface area contributed by atoms with Crippen molar-refractivity contribution in [2.75, 3.05) is 0 Å². The number of carbonyl (C=O) groups excluding carboxylic acids is 3. The zero-order chi connectivity index (χ0) is 19.8. The van der Waals surface area contributed by atoms with Gasteiger partial charge in [-0.05, 0) is 33.3 Å². The van der Waals surface area contributed by atoms with Gasteiger partial charge in [0.05, 0.1) is 17.1 Å². The first kappa shape index (κ1) is 18.4. The van der Waals surface area contributed by atoms with Gasteiger partial charge in [-0.1, -0.05) is 23.8 Å². The maximum absolute atomic E-state index is 12.7. The summed E-state index contributed by atoms with van der Waals surface area (Å²) in [4.78, 5) is 37.5. The third-order valence-corrected chi connectivity index (χ3v) is 6.80. The fourth-order valence-corrected chi connectivity index (χ4v) is 4.65. The van der Waals surface area contributed by atoms with Gasteiger partial charge in [-0.15, -0.1) is 0 Å². The Labute approximate surface area is 162 Å². The smallest absolute Gasteiger partial charge is 0.341 e. The molecule has 2 saturated heterocycles. The number of halogens is 1. The Bertz CT molecular complexity index is 868. The number of epoxide rings is 1. The second kappa shape index (κ2) is 5.79. The molecule has 0 spiro atoms. The molecule has 2 aliphatic carbocycles. The third-order valence-electron chi connectivity index (χ3n) is 6.33. The SMILES string of the molecule is C=C1C(=O)O[C@@H]2[C@H]3C(C)=C(Cl)C(=O)C3=C(C)C[C@H](OC(=O)C3(C)OC3C)[C@H]12. The zero-order valence-corrected chi connectivity index (χ0v) is 16.4. The first-order valence-electron chi connectivity index (χ1n) is 8.97. The highest BCUT2D eigenvalue weighted by Gasteiger charge is 2.60. The van der Waals surface area contributed by atoms with Crippen LogP contribution in [0.25, 0.3) is 0 Å². The van der Waals surface area contributed by atoms with Gasteiger partial charge in [-0.2, -0.15) is 0 Å². The average Bonchev–Trinajstić information content (AvgIpc) is 3.07. The van der Waals surface area contributed by atoms with Crippen LogP contribution in [0.1, 0.15) is 34.1 Å². The van der Waals surface area contributed by atoms with Gasteiger partial charge in [0.1, 0.15) is 12.2 Å². The predicted molar refractivity (Wildman–Crippen MR) is 95.7 cm³/mol. The molecule has 4 aliphatic rings. The lowest BCUT2D eigenvalue weighted by atomic mass is 9.82. The Morgan fingerprint density at radius 2 is 1.96 bits per heavy atom. The van der Waals surface area contributed by atoms with Gasteiger partial charge >= 0.3 is 11.9 Å². The van der Waals surface area contributed by atoms with E-state index in [1.807, 2.05) is 6.92 Å². The van der Waals surface area contributed by atoms with Gasteiger partial charge in [-0.3, -0.25) is 4.79 Å². The number of hydrogen-bond acceptors (Lipinski definition) is 6. The van der Waals surface area contributed by atoms with Crippen molar-refractivity contribution in [1.82, 2.24) is 0 Å². The third kappa shape index (κ3) is 2.46. The maximum atomic E-state index is 12.7. The standard InChI is InChI=1S/C20H21ClO6/c1-7-6-11(25-19(24)20(5)10(4)27-20)13-9(3)18(23)26-17(13)14-8(2)15(21)16(22)12(7)14/h10-11,13-14,17H,3,6H2,1-2,4-5H3/t10?,11-,13-,14-,17-,20?/m0/s1. The van der Waals surface area contributed by atoms with Gasteiger partial charge in [0, 0.05) is 23.5 Å². The highest BCUT2D eigenvalue weighted by atomic mass is 35.5. The number of ether oxygens (including phenoxy) is 3. The monoisotopic (exact) mass is 392 g/mol. The molecule has 2 heterocycles. The summed E-state index contributed by atoms with van der Waals surface area (Å²) >= 11 is 6.21. The molecular formula is C20H21ClO6. The van der Waals surface area contributed by atoms with Crippen LogP contribution in [0.3, 0.4) is 0 Å². The van der Waals surface area contributed by atoms with Crippen molar-refractivity contribution >= 4 is 29.3 Å². The van der Waals surface area contributed by atoms with Crippen LogP contribution in [0.4, 0.5) is 0 Å². The van der Waals surface area contributed by atoms with E-state index in [4.69, 9.17) is 25.8 Å². The quantitative estimate of drug-likeness (QED) is 0.408. The van der Waals surface area contributed by atoms with E-state index in [-0.39, 0.29) is 22.5 Å². The number of carbonyl (C=O) groups is 3. The Kier molecular flexibility index (Phi) is 3.95. The molecule has 0 aromatic rings. The molecule has 7 heteroatoms. The fraction of sp³-hybridized carbons (Fsp3) is 0.550. The molecule has 6 nitrogen and oxygen atoms in total. The van der Waals surface area contributed by atoms with Crippen LogP contribution < -0.4 is 0 Å². The van der Waals surface area contributed by atoms with E-state index in [0.717, 1.165) is 5.57 Å². The zero-order valence-electron chi connectivity index (χ0n) is 15.6. The van der Waals surface area contributed by atoms with Crippen molar-refractivity contribution in [3.05, 3.63) is 33.9 Å². The first-order valence-corrected chi connectivity index (χ1v) is 9.35. The van der Waals surface area contributed by atoms with Crippen molar-refractivity contribution in [3.63, 3.8) is 0 Å². The maximum Gasteiger partial charge on any atom is 0.341 e. The summed E-state index contributed by atoms with van der Waals surface area (Å²) < 4.78 is 16.7. The topological polar surface area (TPSA) is 82.2 Å². The number of Topliss-reactive ketones (excluding diaryl/α,β-unsaturated/α-hetero) is 1. The van der Waals surface area contributed by atoms with Crippen LogP contribution >= 0.6 is 11.6 Å². The number of fused-ring (bicyclic) bond motifs is 3. The van der Waals surface area contributed by atoms with Crippen LogP contribution in [-0.2, 0) is 28.6 Å². The number of esters is 2. The summed E-state index contributed by atoms with van der Waals surface area (Å²) in [6.07, 6.45) is -1.24. The fourth-order valence-electron chi connectivity index (χ4n) is 4.44. The summed E-state index contributed by atoms with van der Waals surface area (Å²) in [5.74, 6) is -2.24. The molecule has 0 aromatic heterocycles. The van der Waals surface area contributed by atoms with E-state index >= 15 is 0 Å². The Hall–Kier alpha value is -1.92. The minimum absolute atomic E-state index is 0.171. The molecule has 144 valence electrons. The summed E-state index contributed by atoms with van der Waals surface area (Å²) in [7, 11) is 0. The molecule has 0 saturated carbocycles. The summed E-state index contributed by atoms with van der Waals surface area (Å²) in [5.41, 5.74) is 1.27. The van der Waals surface area contributed by atoms with Crippen LogP contribution in [-0.4, -0.2) is 41.6 Å². The lowest BCUT2D eigenvalue weighted by Crippen LogP contribution is -2.38. The number of ketones is 1. The van der Waals surface area contributed by atoms with E-state index in [1.165, 1.54) is 0 Å². The molecule has 4 rings (SSSR count). The van der Waals surface area contributed by atoms with Crippen molar-refractivity contribution < 1.29 is 28.6 Å². The van der Waals surface area contributed by atoms with Crippen LogP contribution in [0.2, 0.25) is 0 Å². The summed E-state index contributed by atoms with van der Waals surface area (Å²) in [6.45, 7) is 10.9. The van der Waals surface area contributed by atoms with E-state index in [9.17, 15) is 14.4 Å². The average molecular weight is 393 g/mol. The highest BCUT2D eigenvalue weighted by molar-refractivity contribution is 6.47. The van der Waals surface area contributed by atoms with E-state index < -0.39 is 41.6 Å². The number of allylic oxidation sites excluding steroid dienone is 1. The number of rotatable bonds is 2. The second-order valence-electron chi connectivity index (χ2n) is 7.93. The van der Waals surface area contributed by atoms with Crippen molar-refractivity contribution in [2.45, 2.75) is 58.0 Å².